The second kappa shape index (κ2) is 10.1. The Kier molecular flexibility index (Phi) is 6.79. The summed E-state index contributed by atoms with van der Waals surface area (Å²) in [5.74, 6) is 0.841. The fourth-order valence-electron chi connectivity index (χ4n) is 4.93. The third-order valence-corrected chi connectivity index (χ3v) is 8.17. The fraction of sp³-hybridized carbons (Fsp3) is 0.357. The van der Waals surface area contributed by atoms with Crippen LogP contribution < -0.4 is 10.3 Å². The van der Waals surface area contributed by atoms with Gasteiger partial charge in [0, 0.05) is 24.0 Å². The number of rotatable bonds is 8. The van der Waals surface area contributed by atoms with Gasteiger partial charge in [-0.05, 0) is 68.0 Å². The summed E-state index contributed by atoms with van der Waals surface area (Å²) in [6, 6.07) is 19.2. The Hall–Kier alpha value is -2.96. The van der Waals surface area contributed by atoms with Crippen LogP contribution >= 0.6 is 11.3 Å². The molecule has 0 fully saturated rings. The van der Waals surface area contributed by atoms with E-state index >= 15 is 0 Å². The van der Waals surface area contributed by atoms with Crippen molar-refractivity contribution in [1.82, 2.24) is 14.5 Å². The molecule has 0 spiro atoms. The fourth-order valence-corrected chi connectivity index (χ4v) is 6.18. The number of aryl methyl sites for hydroxylation is 3. The number of nitrogens with zero attached hydrogens (tertiary/aromatic N) is 3. The van der Waals surface area contributed by atoms with Gasteiger partial charge in [-0.2, -0.15) is 0 Å². The van der Waals surface area contributed by atoms with Crippen molar-refractivity contribution in [2.24, 2.45) is 0 Å². The molecule has 0 amide bonds. The van der Waals surface area contributed by atoms with E-state index < -0.39 is 0 Å². The van der Waals surface area contributed by atoms with E-state index in [2.05, 4.69) is 53.3 Å². The van der Waals surface area contributed by atoms with Gasteiger partial charge < -0.3 is 9.64 Å². The summed E-state index contributed by atoms with van der Waals surface area (Å²) < 4.78 is 7.09. The SMILES string of the molecule is COc1cccc(CCn2cnc3sc4c(c3c2=O)CCC(N(C)CCc2ccccc2)C4)c1. The third-order valence-electron chi connectivity index (χ3n) is 7.00. The molecule has 5 nitrogen and oxygen atoms in total. The second-order valence-corrected chi connectivity index (χ2v) is 10.2. The summed E-state index contributed by atoms with van der Waals surface area (Å²) in [4.78, 5) is 22.8. The van der Waals surface area contributed by atoms with Gasteiger partial charge in [0.25, 0.3) is 5.56 Å². The second-order valence-electron chi connectivity index (χ2n) is 9.14. The number of hydrogen-bond acceptors (Lipinski definition) is 5. The van der Waals surface area contributed by atoms with Crippen LogP contribution in [-0.4, -0.2) is 41.2 Å². The molecule has 4 aromatic rings. The molecule has 0 N–H and O–H groups in total. The van der Waals surface area contributed by atoms with Crippen LogP contribution in [0.5, 0.6) is 5.75 Å². The van der Waals surface area contributed by atoms with E-state index in [0.717, 1.165) is 60.2 Å². The average Bonchev–Trinajstić information content (AvgIpc) is 3.26. The minimum atomic E-state index is 0.0984. The van der Waals surface area contributed by atoms with Crippen LogP contribution in [0, 0.1) is 0 Å². The summed E-state index contributed by atoms with van der Waals surface area (Å²) in [7, 11) is 3.91. The molecule has 0 saturated heterocycles. The minimum Gasteiger partial charge on any atom is -0.497 e. The molecule has 2 aromatic carbocycles. The first kappa shape index (κ1) is 22.8. The Labute approximate surface area is 204 Å². The lowest BCUT2D eigenvalue weighted by Crippen LogP contribution is -2.37. The molecule has 0 aliphatic heterocycles. The van der Waals surface area contributed by atoms with Gasteiger partial charge in [0.2, 0.25) is 0 Å². The van der Waals surface area contributed by atoms with Crippen LogP contribution in [0.15, 0.2) is 65.7 Å². The molecule has 176 valence electrons. The lowest BCUT2D eigenvalue weighted by molar-refractivity contribution is 0.226. The molecule has 0 bridgehead atoms. The summed E-state index contributed by atoms with van der Waals surface area (Å²) in [5, 5.41) is 0.846. The van der Waals surface area contributed by atoms with E-state index in [1.54, 1.807) is 29.3 Å². The molecule has 2 aromatic heterocycles. The van der Waals surface area contributed by atoms with Crippen molar-refractivity contribution in [2.45, 2.75) is 44.7 Å². The predicted molar refractivity (Wildman–Crippen MR) is 139 cm³/mol. The third kappa shape index (κ3) is 4.79. The van der Waals surface area contributed by atoms with Crippen molar-refractivity contribution in [2.75, 3.05) is 20.7 Å². The Balaban J connectivity index is 1.30. The smallest absolute Gasteiger partial charge is 0.262 e. The van der Waals surface area contributed by atoms with Crippen molar-refractivity contribution in [3.8, 4) is 5.75 Å². The van der Waals surface area contributed by atoms with E-state index in [-0.39, 0.29) is 5.56 Å². The summed E-state index contributed by atoms with van der Waals surface area (Å²) >= 11 is 1.71. The molecule has 0 radical (unpaired) electrons. The Morgan fingerprint density at radius 2 is 1.94 bits per heavy atom. The lowest BCUT2D eigenvalue weighted by atomic mass is 9.92. The Bertz CT molecular complexity index is 1330. The van der Waals surface area contributed by atoms with Gasteiger partial charge in [-0.15, -0.1) is 11.3 Å². The molecule has 6 heteroatoms. The van der Waals surface area contributed by atoms with Gasteiger partial charge in [0.1, 0.15) is 10.6 Å². The van der Waals surface area contributed by atoms with Crippen LogP contribution in [0.3, 0.4) is 0 Å². The zero-order valence-electron chi connectivity index (χ0n) is 19.9. The van der Waals surface area contributed by atoms with Gasteiger partial charge in [0.05, 0.1) is 18.8 Å². The van der Waals surface area contributed by atoms with E-state index in [9.17, 15) is 4.79 Å². The zero-order chi connectivity index (χ0) is 23.5. The number of ether oxygens (including phenoxy) is 1. The van der Waals surface area contributed by atoms with Crippen molar-refractivity contribution in [3.63, 3.8) is 0 Å². The molecule has 5 rings (SSSR count). The number of likely N-dealkylation sites (N-methyl/N-ethyl adjacent to an activating group) is 1. The molecule has 1 aliphatic carbocycles. The van der Waals surface area contributed by atoms with Gasteiger partial charge in [0.15, 0.2) is 0 Å². The molecule has 2 heterocycles. The van der Waals surface area contributed by atoms with Crippen molar-refractivity contribution in [1.29, 1.82) is 0 Å². The minimum absolute atomic E-state index is 0.0984. The molecule has 1 unspecified atom stereocenters. The highest BCUT2D eigenvalue weighted by Crippen LogP contribution is 2.35. The highest BCUT2D eigenvalue weighted by atomic mass is 32.1. The maximum absolute atomic E-state index is 13.4. The normalized spacial score (nSPS) is 15.6. The topological polar surface area (TPSA) is 47.4 Å². The highest BCUT2D eigenvalue weighted by molar-refractivity contribution is 7.18. The maximum atomic E-state index is 13.4. The van der Waals surface area contributed by atoms with E-state index in [4.69, 9.17) is 4.74 Å². The van der Waals surface area contributed by atoms with Crippen LogP contribution in [0.2, 0.25) is 0 Å². The molecular weight excluding hydrogens is 442 g/mol. The number of aromatic nitrogens is 2. The average molecular weight is 474 g/mol. The van der Waals surface area contributed by atoms with Gasteiger partial charge in [-0.3, -0.25) is 9.36 Å². The summed E-state index contributed by atoms with van der Waals surface area (Å²) in [5.41, 5.74) is 3.87. The first-order valence-corrected chi connectivity index (χ1v) is 12.8. The number of benzene rings is 2. The van der Waals surface area contributed by atoms with Crippen molar-refractivity contribution in [3.05, 3.63) is 92.8 Å². The number of methoxy groups -OCH3 is 1. The zero-order valence-corrected chi connectivity index (χ0v) is 20.7. The van der Waals surface area contributed by atoms with Crippen molar-refractivity contribution >= 4 is 21.6 Å². The number of fused-ring (bicyclic) bond motifs is 3. The van der Waals surface area contributed by atoms with Gasteiger partial charge in [-0.1, -0.05) is 42.5 Å². The Morgan fingerprint density at radius 3 is 2.76 bits per heavy atom. The monoisotopic (exact) mass is 473 g/mol. The molecular formula is C28H31N3O2S. The predicted octanol–water partition coefficient (Wildman–Crippen LogP) is 4.74. The molecule has 34 heavy (non-hydrogen) atoms. The number of thiophene rings is 1. The van der Waals surface area contributed by atoms with Crippen LogP contribution in [0.1, 0.15) is 28.0 Å². The van der Waals surface area contributed by atoms with E-state index in [1.165, 1.54) is 16.0 Å². The Morgan fingerprint density at radius 1 is 1.12 bits per heavy atom. The maximum Gasteiger partial charge on any atom is 0.262 e. The highest BCUT2D eigenvalue weighted by Gasteiger charge is 2.27. The van der Waals surface area contributed by atoms with E-state index in [1.807, 2.05) is 18.2 Å². The first-order valence-electron chi connectivity index (χ1n) is 12.0. The molecule has 0 saturated carbocycles. The number of hydrogen-bond donors (Lipinski definition) is 0. The van der Waals surface area contributed by atoms with Gasteiger partial charge >= 0.3 is 0 Å². The van der Waals surface area contributed by atoms with E-state index in [0.29, 0.717) is 12.6 Å². The van der Waals surface area contributed by atoms with Crippen LogP contribution in [-0.2, 0) is 32.2 Å². The molecule has 1 aliphatic rings. The summed E-state index contributed by atoms with van der Waals surface area (Å²) in [6.07, 6.45) is 6.59. The van der Waals surface area contributed by atoms with Gasteiger partial charge in [-0.25, -0.2) is 4.98 Å². The molecule has 1 atom stereocenters. The van der Waals surface area contributed by atoms with Crippen molar-refractivity contribution < 1.29 is 4.74 Å². The standard InChI is InChI=1S/C28H31N3O2S/c1-30(15-13-20-7-4-3-5-8-20)22-11-12-24-25(18-22)34-27-26(24)28(32)31(19-29-27)16-14-21-9-6-10-23(17-21)33-2/h3-10,17,19,22H,11-16,18H2,1-2H3. The largest absolute Gasteiger partial charge is 0.497 e. The van der Waals surface area contributed by atoms with Crippen LogP contribution in [0.25, 0.3) is 10.2 Å². The quantitative estimate of drug-likeness (QED) is 0.371. The lowest BCUT2D eigenvalue weighted by Gasteiger charge is -2.31. The van der Waals surface area contributed by atoms with Crippen LogP contribution in [0.4, 0.5) is 0 Å². The first-order chi connectivity index (χ1) is 16.6. The summed E-state index contributed by atoms with van der Waals surface area (Å²) in [6.45, 7) is 1.66.